The summed E-state index contributed by atoms with van der Waals surface area (Å²) in [7, 11) is 1.59. The zero-order valence-corrected chi connectivity index (χ0v) is 27.2. The Labute approximate surface area is 276 Å². The normalized spacial score (nSPS) is 14.3. The molecule has 6 rings (SSSR count). The summed E-state index contributed by atoms with van der Waals surface area (Å²) in [6, 6.07) is 31.6. The highest BCUT2D eigenvalue weighted by atomic mass is 32.1. The molecule has 0 radical (unpaired) electrons. The van der Waals surface area contributed by atoms with E-state index in [0.717, 1.165) is 22.3 Å². The molecule has 5 aromatic rings. The summed E-state index contributed by atoms with van der Waals surface area (Å²) >= 11 is 1.26. The fourth-order valence-corrected chi connectivity index (χ4v) is 6.43. The van der Waals surface area contributed by atoms with E-state index in [1.165, 1.54) is 11.3 Å². The minimum atomic E-state index is -0.777. The first-order chi connectivity index (χ1) is 23.0. The summed E-state index contributed by atoms with van der Waals surface area (Å²) in [5.41, 5.74) is 3.77. The van der Waals surface area contributed by atoms with Crippen LogP contribution >= 0.6 is 11.3 Å². The average molecular weight is 647 g/mol. The van der Waals surface area contributed by atoms with Crippen LogP contribution in [0.2, 0.25) is 0 Å². The number of carbonyl (C=O) groups excluding carboxylic acids is 1. The number of nitrogens with zero attached hydrogens (tertiary/aromatic N) is 2. The summed E-state index contributed by atoms with van der Waals surface area (Å²) in [5, 5.41) is 0. The van der Waals surface area contributed by atoms with E-state index in [1.54, 1.807) is 18.6 Å². The molecule has 0 fully saturated rings. The standard InChI is InChI=1S/C38H34N2O6S/c1-4-44-31-22-26(16-21-30(31)46-24-25-12-8-6-9-13-25)23-32-36(41)40-35(28-17-19-29(43-3)20-18-28)33(37(42)45-5-2)34(39-38(40)47-32)27-14-10-7-11-15-27/h6-23,35H,4-5,24H2,1-3H3/b32-23-/t35-/m0/s1. The number of hydrogen-bond donors (Lipinski definition) is 0. The summed E-state index contributed by atoms with van der Waals surface area (Å²) in [6.45, 7) is 4.70. The van der Waals surface area contributed by atoms with E-state index in [1.807, 2.05) is 116 Å². The topological polar surface area (TPSA) is 88.4 Å². The summed E-state index contributed by atoms with van der Waals surface area (Å²) in [4.78, 5) is 33.3. The molecule has 0 saturated heterocycles. The van der Waals surface area contributed by atoms with Crippen LogP contribution in [0.4, 0.5) is 0 Å². The second-order valence-corrected chi connectivity index (χ2v) is 11.6. The number of ether oxygens (including phenoxy) is 4. The number of fused-ring (bicyclic) bond motifs is 1. The van der Waals surface area contributed by atoms with Crippen LogP contribution in [0.5, 0.6) is 17.2 Å². The Morgan fingerprint density at radius 1 is 0.872 bits per heavy atom. The van der Waals surface area contributed by atoms with Crippen molar-refractivity contribution in [2.75, 3.05) is 20.3 Å². The number of aromatic nitrogens is 1. The maximum absolute atomic E-state index is 14.3. The predicted molar refractivity (Wildman–Crippen MR) is 182 cm³/mol. The molecule has 8 nitrogen and oxygen atoms in total. The second-order valence-electron chi connectivity index (χ2n) is 10.6. The largest absolute Gasteiger partial charge is 0.497 e. The van der Waals surface area contributed by atoms with Crippen LogP contribution in [0.1, 0.15) is 42.1 Å². The van der Waals surface area contributed by atoms with Crippen LogP contribution < -0.4 is 29.1 Å². The third-order valence-corrected chi connectivity index (χ3v) is 8.59. The molecule has 0 bridgehead atoms. The number of hydrogen-bond acceptors (Lipinski definition) is 8. The highest BCUT2D eigenvalue weighted by molar-refractivity contribution is 7.07. The Bertz CT molecular complexity index is 2080. The van der Waals surface area contributed by atoms with Crippen molar-refractivity contribution in [3.63, 3.8) is 0 Å². The number of esters is 1. The first-order valence-corrected chi connectivity index (χ1v) is 16.2. The lowest BCUT2D eigenvalue weighted by Crippen LogP contribution is -2.40. The van der Waals surface area contributed by atoms with E-state index in [9.17, 15) is 9.59 Å². The van der Waals surface area contributed by atoms with Crippen LogP contribution in [0, 0.1) is 0 Å². The minimum absolute atomic E-state index is 0.178. The predicted octanol–water partition coefficient (Wildman–Crippen LogP) is 5.92. The van der Waals surface area contributed by atoms with Crippen molar-refractivity contribution in [1.82, 2.24) is 4.57 Å². The Kier molecular flexibility index (Phi) is 9.64. The van der Waals surface area contributed by atoms with Crippen molar-refractivity contribution < 1.29 is 23.7 Å². The van der Waals surface area contributed by atoms with Gasteiger partial charge in [0.1, 0.15) is 12.4 Å². The van der Waals surface area contributed by atoms with Crippen molar-refractivity contribution >= 4 is 29.1 Å². The van der Waals surface area contributed by atoms with Crippen LogP contribution in [0.25, 0.3) is 11.8 Å². The van der Waals surface area contributed by atoms with Gasteiger partial charge in [-0.3, -0.25) is 9.36 Å². The van der Waals surface area contributed by atoms with Gasteiger partial charge in [-0.15, -0.1) is 0 Å². The number of carbonyl (C=O) groups is 1. The SMILES string of the molecule is CCOC(=O)C1=C(c2ccccc2)N=c2s/c(=C\c3ccc(OCc4ccccc4)c(OCC)c3)c(=O)n2[C@H]1c1ccc(OC)cc1. The van der Waals surface area contributed by atoms with Crippen molar-refractivity contribution in [3.05, 3.63) is 151 Å². The van der Waals surface area contributed by atoms with Crippen LogP contribution in [-0.2, 0) is 16.1 Å². The zero-order chi connectivity index (χ0) is 32.8. The first kappa shape index (κ1) is 31.6. The van der Waals surface area contributed by atoms with Crippen LogP contribution in [0.3, 0.4) is 0 Å². The van der Waals surface area contributed by atoms with Gasteiger partial charge in [0.15, 0.2) is 16.3 Å². The van der Waals surface area contributed by atoms with Crippen molar-refractivity contribution in [1.29, 1.82) is 0 Å². The molecule has 1 atom stereocenters. The van der Waals surface area contributed by atoms with Gasteiger partial charge >= 0.3 is 5.97 Å². The molecule has 1 aliphatic heterocycles. The van der Waals surface area contributed by atoms with Crippen LogP contribution in [-0.4, -0.2) is 30.9 Å². The molecule has 0 aliphatic carbocycles. The summed E-state index contributed by atoms with van der Waals surface area (Å²) in [6.07, 6.45) is 1.81. The monoisotopic (exact) mass is 646 g/mol. The maximum atomic E-state index is 14.3. The number of rotatable bonds is 11. The van der Waals surface area contributed by atoms with Gasteiger partial charge in [0.2, 0.25) is 0 Å². The number of methoxy groups -OCH3 is 1. The third-order valence-electron chi connectivity index (χ3n) is 7.61. The maximum Gasteiger partial charge on any atom is 0.338 e. The van der Waals surface area contributed by atoms with Crippen molar-refractivity contribution in [3.8, 4) is 17.2 Å². The molecule has 2 heterocycles. The van der Waals surface area contributed by atoms with E-state index >= 15 is 0 Å². The van der Waals surface area contributed by atoms with Gasteiger partial charge < -0.3 is 18.9 Å². The molecule has 47 heavy (non-hydrogen) atoms. The Morgan fingerprint density at radius 2 is 1.60 bits per heavy atom. The van der Waals surface area contributed by atoms with E-state index in [0.29, 0.717) is 51.1 Å². The second kappa shape index (κ2) is 14.3. The molecule has 0 unspecified atom stereocenters. The smallest absolute Gasteiger partial charge is 0.338 e. The van der Waals surface area contributed by atoms with Gasteiger partial charge in [-0.05, 0) is 60.9 Å². The highest BCUT2D eigenvalue weighted by Crippen LogP contribution is 2.36. The molecule has 0 amide bonds. The lowest BCUT2D eigenvalue weighted by Gasteiger charge is -2.26. The summed E-state index contributed by atoms with van der Waals surface area (Å²) < 4.78 is 25.0. The van der Waals surface area contributed by atoms with Crippen LogP contribution in [0.15, 0.2) is 118 Å². The molecule has 4 aromatic carbocycles. The molecule has 9 heteroatoms. The molecule has 1 aromatic heterocycles. The Morgan fingerprint density at radius 3 is 2.28 bits per heavy atom. The first-order valence-electron chi connectivity index (χ1n) is 15.4. The van der Waals surface area contributed by atoms with Gasteiger partial charge in [-0.25, -0.2) is 9.79 Å². The Hall–Kier alpha value is -5.41. The third kappa shape index (κ3) is 6.76. The van der Waals surface area contributed by atoms with Gasteiger partial charge in [0, 0.05) is 5.56 Å². The quantitative estimate of drug-likeness (QED) is 0.166. The fourth-order valence-electron chi connectivity index (χ4n) is 5.43. The molecule has 0 N–H and O–H groups in total. The van der Waals surface area contributed by atoms with Gasteiger partial charge in [-0.1, -0.05) is 90.2 Å². The lowest BCUT2D eigenvalue weighted by molar-refractivity contribution is -0.138. The zero-order valence-electron chi connectivity index (χ0n) is 26.3. The molecule has 0 saturated carbocycles. The van der Waals surface area contributed by atoms with Gasteiger partial charge in [0.05, 0.1) is 42.2 Å². The van der Waals surface area contributed by atoms with Gasteiger partial charge in [0.25, 0.3) is 5.56 Å². The number of benzene rings is 4. The van der Waals surface area contributed by atoms with Crippen molar-refractivity contribution in [2.45, 2.75) is 26.5 Å². The summed E-state index contributed by atoms with van der Waals surface area (Å²) in [5.74, 6) is 1.32. The Balaban J connectivity index is 1.49. The highest BCUT2D eigenvalue weighted by Gasteiger charge is 2.35. The van der Waals surface area contributed by atoms with E-state index < -0.39 is 12.0 Å². The molecule has 1 aliphatic rings. The molecule has 0 spiro atoms. The van der Waals surface area contributed by atoms with E-state index in [-0.39, 0.29) is 12.2 Å². The minimum Gasteiger partial charge on any atom is -0.497 e. The van der Waals surface area contributed by atoms with E-state index in [4.69, 9.17) is 23.9 Å². The molecular formula is C38H34N2O6S. The molecular weight excluding hydrogens is 612 g/mol. The lowest BCUT2D eigenvalue weighted by atomic mass is 9.93. The fraction of sp³-hybridized carbons (Fsp3) is 0.184. The van der Waals surface area contributed by atoms with Gasteiger partial charge in [-0.2, -0.15) is 0 Å². The average Bonchev–Trinajstić information content (AvgIpc) is 3.42. The number of thiazole rings is 1. The molecule has 238 valence electrons. The van der Waals surface area contributed by atoms with Crippen molar-refractivity contribution in [2.24, 2.45) is 4.99 Å². The van der Waals surface area contributed by atoms with E-state index in [2.05, 4.69) is 0 Å².